The Labute approximate surface area is 166 Å². The van der Waals surface area contributed by atoms with E-state index in [1.807, 2.05) is 38.3 Å². The van der Waals surface area contributed by atoms with Crippen LogP contribution in [0.15, 0.2) is 75.6 Å². The molecular formula is C21H29N7. The van der Waals surface area contributed by atoms with Crippen molar-refractivity contribution >= 4 is 18.3 Å². The Balaban J connectivity index is 2.11. The third kappa shape index (κ3) is 5.57. The SMILES string of the molecule is CCCN=CC(=CN)C1=CNC2=CC=C(NC(=N)C=C(C=N)C(C)C)NC2=C1. The smallest absolute Gasteiger partial charge is 0.123 e. The zero-order valence-electron chi connectivity index (χ0n) is 16.6. The highest BCUT2D eigenvalue weighted by Crippen LogP contribution is 2.21. The summed E-state index contributed by atoms with van der Waals surface area (Å²) in [4.78, 5) is 4.36. The fourth-order valence-corrected chi connectivity index (χ4v) is 2.57. The maximum absolute atomic E-state index is 8.13. The summed E-state index contributed by atoms with van der Waals surface area (Å²) >= 11 is 0. The number of nitrogens with two attached hydrogens (primary N) is 1. The molecule has 0 radical (unpaired) electrons. The quantitative estimate of drug-likeness (QED) is 0.287. The predicted molar refractivity (Wildman–Crippen MR) is 117 cm³/mol. The van der Waals surface area contributed by atoms with Crippen LogP contribution >= 0.6 is 0 Å². The molecule has 0 amide bonds. The lowest BCUT2D eigenvalue weighted by Crippen LogP contribution is -2.34. The van der Waals surface area contributed by atoms with Gasteiger partial charge in [0.15, 0.2) is 0 Å². The van der Waals surface area contributed by atoms with Gasteiger partial charge in [-0.3, -0.25) is 10.4 Å². The molecule has 0 saturated carbocycles. The van der Waals surface area contributed by atoms with Crippen LogP contribution in [-0.2, 0) is 0 Å². The molecule has 7 nitrogen and oxygen atoms in total. The topological polar surface area (TPSA) is 122 Å². The van der Waals surface area contributed by atoms with Crippen LogP contribution < -0.4 is 21.7 Å². The first-order chi connectivity index (χ1) is 13.5. The van der Waals surface area contributed by atoms with E-state index in [0.29, 0.717) is 5.82 Å². The van der Waals surface area contributed by atoms with Gasteiger partial charge in [0.25, 0.3) is 0 Å². The first kappa shape index (κ1) is 21.0. The molecule has 0 fully saturated rings. The number of hydrogen-bond donors (Lipinski definition) is 6. The average Bonchev–Trinajstić information content (AvgIpc) is 2.68. The van der Waals surface area contributed by atoms with Gasteiger partial charge in [0, 0.05) is 42.5 Å². The van der Waals surface area contributed by atoms with Gasteiger partial charge in [0.05, 0.1) is 11.4 Å². The number of hydrogen-bond acceptors (Lipinski definition) is 6. The van der Waals surface area contributed by atoms with Gasteiger partial charge in [-0.15, -0.1) is 0 Å². The maximum Gasteiger partial charge on any atom is 0.123 e. The molecule has 0 aliphatic carbocycles. The van der Waals surface area contributed by atoms with E-state index in [9.17, 15) is 0 Å². The number of amidine groups is 1. The van der Waals surface area contributed by atoms with Gasteiger partial charge >= 0.3 is 0 Å². The Morgan fingerprint density at radius 3 is 2.75 bits per heavy atom. The number of aliphatic imine (C=N–C) groups is 1. The van der Waals surface area contributed by atoms with Crippen molar-refractivity contribution in [3.63, 3.8) is 0 Å². The molecule has 148 valence electrons. The van der Waals surface area contributed by atoms with Crippen LogP contribution in [0.4, 0.5) is 0 Å². The van der Waals surface area contributed by atoms with Crippen molar-refractivity contribution in [1.82, 2.24) is 16.0 Å². The molecule has 0 bridgehead atoms. The van der Waals surface area contributed by atoms with Gasteiger partial charge in [-0.05, 0) is 42.2 Å². The van der Waals surface area contributed by atoms with Gasteiger partial charge in [-0.2, -0.15) is 0 Å². The molecule has 0 aromatic heterocycles. The summed E-state index contributed by atoms with van der Waals surface area (Å²) in [5.74, 6) is 1.09. The zero-order chi connectivity index (χ0) is 20.5. The molecule has 0 unspecified atom stereocenters. The average molecular weight is 380 g/mol. The van der Waals surface area contributed by atoms with E-state index in [4.69, 9.17) is 16.6 Å². The molecule has 2 aliphatic heterocycles. The predicted octanol–water partition coefficient (Wildman–Crippen LogP) is 2.81. The summed E-state index contributed by atoms with van der Waals surface area (Å²) in [5.41, 5.74) is 10.1. The minimum atomic E-state index is 0.188. The summed E-state index contributed by atoms with van der Waals surface area (Å²) in [5, 5.41) is 25.2. The number of nitrogens with zero attached hydrogens (tertiary/aromatic N) is 1. The fraction of sp³-hybridized carbons (Fsp3) is 0.286. The number of allylic oxidation sites excluding steroid dienone is 6. The minimum absolute atomic E-state index is 0.188. The Hall–Kier alpha value is -3.35. The Morgan fingerprint density at radius 2 is 2.11 bits per heavy atom. The van der Waals surface area contributed by atoms with Crippen molar-refractivity contribution in [2.24, 2.45) is 16.6 Å². The number of dihydropyridines is 2. The van der Waals surface area contributed by atoms with E-state index >= 15 is 0 Å². The molecule has 2 rings (SSSR count). The highest BCUT2D eigenvalue weighted by atomic mass is 15.1. The van der Waals surface area contributed by atoms with Crippen LogP contribution in [0.1, 0.15) is 27.2 Å². The van der Waals surface area contributed by atoms with Crippen molar-refractivity contribution < 1.29 is 0 Å². The van der Waals surface area contributed by atoms with Gasteiger partial charge in [-0.1, -0.05) is 20.8 Å². The van der Waals surface area contributed by atoms with E-state index in [-0.39, 0.29) is 11.8 Å². The van der Waals surface area contributed by atoms with E-state index in [1.54, 1.807) is 18.5 Å². The second-order valence-corrected chi connectivity index (χ2v) is 6.73. The molecule has 28 heavy (non-hydrogen) atoms. The minimum Gasteiger partial charge on any atom is -0.404 e. The van der Waals surface area contributed by atoms with Crippen molar-refractivity contribution in [2.45, 2.75) is 27.2 Å². The van der Waals surface area contributed by atoms with E-state index in [0.717, 1.165) is 41.1 Å². The van der Waals surface area contributed by atoms with E-state index < -0.39 is 0 Å². The van der Waals surface area contributed by atoms with Gasteiger partial charge in [-0.25, -0.2) is 0 Å². The first-order valence-electron chi connectivity index (χ1n) is 9.36. The Kier molecular flexibility index (Phi) is 7.56. The van der Waals surface area contributed by atoms with E-state index in [1.165, 1.54) is 6.21 Å². The molecular weight excluding hydrogens is 350 g/mol. The van der Waals surface area contributed by atoms with Crippen LogP contribution in [0.3, 0.4) is 0 Å². The highest BCUT2D eigenvalue weighted by molar-refractivity contribution is 5.97. The number of nitrogens with one attached hydrogen (secondary N) is 5. The molecule has 2 aliphatic rings. The van der Waals surface area contributed by atoms with Crippen molar-refractivity contribution in [1.29, 1.82) is 10.8 Å². The van der Waals surface area contributed by atoms with Crippen LogP contribution in [0.2, 0.25) is 0 Å². The summed E-state index contributed by atoms with van der Waals surface area (Å²) in [6, 6.07) is 0. The first-order valence-corrected chi connectivity index (χ1v) is 9.36. The van der Waals surface area contributed by atoms with Crippen LogP contribution in [0.25, 0.3) is 0 Å². The van der Waals surface area contributed by atoms with Crippen LogP contribution in [0.5, 0.6) is 0 Å². The summed E-state index contributed by atoms with van der Waals surface area (Å²) < 4.78 is 0. The molecule has 0 saturated heterocycles. The Bertz CT molecular complexity index is 833. The van der Waals surface area contributed by atoms with E-state index in [2.05, 4.69) is 27.9 Å². The van der Waals surface area contributed by atoms with Gasteiger partial charge in [0.1, 0.15) is 11.7 Å². The van der Waals surface area contributed by atoms with Crippen molar-refractivity contribution in [3.05, 3.63) is 70.6 Å². The largest absolute Gasteiger partial charge is 0.404 e. The molecule has 0 aromatic rings. The maximum atomic E-state index is 8.13. The van der Waals surface area contributed by atoms with Crippen LogP contribution in [-0.4, -0.2) is 24.8 Å². The molecule has 0 aromatic carbocycles. The van der Waals surface area contributed by atoms with Crippen molar-refractivity contribution in [2.75, 3.05) is 6.54 Å². The van der Waals surface area contributed by atoms with Crippen molar-refractivity contribution in [3.8, 4) is 0 Å². The van der Waals surface area contributed by atoms with Gasteiger partial charge in [0.2, 0.25) is 0 Å². The Morgan fingerprint density at radius 1 is 1.32 bits per heavy atom. The zero-order valence-corrected chi connectivity index (χ0v) is 16.6. The lowest BCUT2D eigenvalue weighted by Gasteiger charge is -2.25. The third-order valence-electron chi connectivity index (χ3n) is 4.17. The monoisotopic (exact) mass is 379 g/mol. The summed E-state index contributed by atoms with van der Waals surface area (Å²) in [7, 11) is 0. The molecule has 2 heterocycles. The lowest BCUT2D eigenvalue weighted by atomic mass is 10.0. The summed E-state index contributed by atoms with van der Waals surface area (Å²) in [6.07, 6.45) is 14.9. The van der Waals surface area contributed by atoms with Crippen LogP contribution in [0, 0.1) is 16.7 Å². The lowest BCUT2D eigenvalue weighted by molar-refractivity contribution is 0.804. The second-order valence-electron chi connectivity index (χ2n) is 6.73. The van der Waals surface area contributed by atoms with Gasteiger partial charge < -0.3 is 27.1 Å². The molecule has 0 atom stereocenters. The summed E-state index contributed by atoms with van der Waals surface area (Å²) in [6.45, 7) is 6.83. The second kappa shape index (κ2) is 10.1. The number of fused-ring (bicyclic) bond motifs is 1. The highest BCUT2D eigenvalue weighted by Gasteiger charge is 2.17. The fourth-order valence-electron chi connectivity index (χ4n) is 2.57. The molecule has 7 N–H and O–H groups in total. The standard InChI is InChI=1S/C21H29N7/c1-4-7-25-12-17(11-23)16-8-19-18(26-13-16)5-6-21(27-19)28-20(24)9-15(10-22)14(2)3/h5-6,8-14,22,26-27H,4,7,23H2,1-3H3,(H2,24,28). The molecule has 7 heteroatoms. The normalized spacial score (nSPS) is 17.0. The number of rotatable bonds is 8. The molecule has 0 spiro atoms. The third-order valence-corrected chi connectivity index (χ3v) is 4.17.